The van der Waals surface area contributed by atoms with Crippen molar-refractivity contribution in [3.8, 4) is 0 Å². The standard InChI is InChI=1S/C17H17FN2O/c1-19(2)14-7-3-6-13(11-14)17(21)20-10-9-12-5-4-8-15(18)16(12)20/h3-8,11H,9-10H2,1-2H3. The van der Waals surface area contributed by atoms with Crippen molar-refractivity contribution in [2.24, 2.45) is 0 Å². The fourth-order valence-corrected chi connectivity index (χ4v) is 2.68. The molecule has 0 N–H and O–H groups in total. The fraction of sp³-hybridized carbons (Fsp3) is 0.235. The molecule has 21 heavy (non-hydrogen) atoms. The van der Waals surface area contributed by atoms with Gasteiger partial charge in [-0.05, 0) is 36.2 Å². The van der Waals surface area contributed by atoms with Crippen LogP contribution in [0.2, 0.25) is 0 Å². The third-order valence-corrected chi connectivity index (χ3v) is 3.80. The van der Waals surface area contributed by atoms with E-state index < -0.39 is 0 Å². The zero-order valence-corrected chi connectivity index (χ0v) is 12.1. The summed E-state index contributed by atoms with van der Waals surface area (Å²) in [6.07, 6.45) is 0.701. The van der Waals surface area contributed by atoms with Gasteiger partial charge in [0.2, 0.25) is 0 Å². The summed E-state index contributed by atoms with van der Waals surface area (Å²) in [7, 11) is 3.85. The number of carbonyl (C=O) groups is 1. The first-order valence-electron chi connectivity index (χ1n) is 6.94. The smallest absolute Gasteiger partial charge is 0.258 e. The van der Waals surface area contributed by atoms with Crippen molar-refractivity contribution in [1.82, 2.24) is 0 Å². The molecule has 0 aliphatic carbocycles. The van der Waals surface area contributed by atoms with Gasteiger partial charge in [-0.1, -0.05) is 18.2 Å². The van der Waals surface area contributed by atoms with Gasteiger partial charge in [0, 0.05) is 31.9 Å². The van der Waals surface area contributed by atoms with E-state index in [1.807, 2.05) is 43.3 Å². The Hall–Kier alpha value is -2.36. The highest BCUT2D eigenvalue weighted by atomic mass is 19.1. The van der Waals surface area contributed by atoms with Crippen LogP contribution in [0.4, 0.5) is 15.8 Å². The lowest BCUT2D eigenvalue weighted by Gasteiger charge is -2.19. The molecule has 2 aromatic rings. The van der Waals surface area contributed by atoms with Gasteiger partial charge in [0.05, 0.1) is 5.69 Å². The van der Waals surface area contributed by atoms with Gasteiger partial charge in [0.25, 0.3) is 5.91 Å². The quantitative estimate of drug-likeness (QED) is 0.846. The molecular weight excluding hydrogens is 267 g/mol. The maximum absolute atomic E-state index is 14.0. The van der Waals surface area contributed by atoms with Gasteiger partial charge >= 0.3 is 0 Å². The molecule has 0 spiro atoms. The lowest BCUT2D eigenvalue weighted by molar-refractivity contribution is 0.0988. The van der Waals surface area contributed by atoms with Crippen LogP contribution in [0.1, 0.15) is 15.9 Å². The van der Waals surface area contributed by atoms with E-state index in [-0.39, 0.29) is 11.7 Å². The minimum absolute atomic E-state index is 0.150. The van der Waals surface area contributed by atoms with Crippen molar-refractivity contribution in [3.05, 3.63) is 59.4 Å². The fourth-order valence-electron chi connectivity index (χ4n) is 2.68. The third-order valence-electron chi connectivity index (χ3n) is 3.80. The molecule has 3 rings (SSSR count). The van der Waals surface area contributed by atoms with Crippen LogP contribution < -0.4 is 9.80 Å². The molecule has 0 saturated heterocycles. The molecule has 1 aliphatic rings. The summed E-state index contributed by atoms with van der Waals surface area (Å²) in [4.78, 5) is 16.2. The number of anilines is 2. The van der Waals surface area contributed by atoms with Crippen molar-refractivity contribution < 1.29 is 9.18 Å². The second-order valence-electron chi connectivity index (χ2n) is 5.40. The minimum Gasteiger partial charge on any atom is -0.378 e. The van der Waals surface area contributed by atoms with Crippen LogP contribution in [0.25, 0.3) is 0 Å². The van der Waals surface area contributed by atoms with E-state index in [9.17, 15) is 9.18 Å². The molecule has 0 bridgehead atoms. The molecule has 4 heteroatoms. The first-order chi connectivity index (χ1) is 10.1. The molecule has 108 valence electrons. The van der Waals surface area contributed by atoms with Crippen LogP contribution >= 0.6 is 0 Å². The molecule has 2 aromatic carbocycles. The average molecular weight is 284 g/mol. The van der Waals surface area contributed by atoms with E-state index in [4.69, 9.17) is 0 Å². The minimum atomic E-state index is -0.331. The van der Waals surface area contributed by atoms with E-state index in [2.05, 4.69) is 0 Å². The molecule has 1 aliphatic heterocycles. The first kappa shape index (κ1) is 13.6. The highest BCUT2D eigenvalue weighted by Crippen LogP contribution is 2.32. The number of halogens is 1. The van der Waals surface area contributed by atoms with Crippen LogP contribution in [-0.2, 0) is 6.42 Å². The number of amides is 1. The Morgan fingerprint density at radius 3 is 2.71 bits per heavy atom. The summed E-state index contributed by atoms with van der Waals surface area (Å²) < 4.78 is 14.0. The number of carbonyl (C=O) groups excluding carboxylic acids is 1. The predicted octanol–water partition coefficient (Wildman–Crippen LogP) is 3.09. The molecule has 0 radical (unpaired) electrons. The Labute approximate surface area is 123 Å². The van der Waals surface area contributed by atoms with Gasteiger partial charge in [0.1, 0.15) is 5.82 Å². The van der Waals surface area contributed by atoms with Crippen molar-refractivity contribution in [1.29, 1.82) is 0 Å². The summed E-state index contributed by atoms with van der Waals surface area (Å²) in [5.74, 6) is -0.482. The van der Waals surface area contributed by atoms with Crippen LogP contribution in [0.5, 0.6) is 0 Å². The molecular formula is C17H17FN2O. The van der Waals surface area contributed by atoms with Crippen molar-refractivity contribution in [2.45, 2.75) is 6.42 Å². The Bertz CT molecular complexity index is 697. The lowest BCUT2D eigenvalue weighted by atomic mass is 10.1. The summed E-state index contributed by atoms with van der Waals surface area (Å²) in [6, 6.07) is 12.4. The van der Waals surface area contributed by atoms with E-state index in [0.717, 1.165) is 11.3 Å². The van der Waals surface area contributed by atoms with Gasteiger partial charge in [0.15, 0.2) is 0 Å². The summed E-state index contributed by atoms with van der Waals surface area (Å²) in [6.45, 7) is 0.529. The summed E-state index contributed by atoms with van der Waals surface area (Å²) in [5, 5.41) is 0. The van der Waals surface area contributed by atoms with E-state index >= 15 is 0 Å². The average Bonchev–Trinajstić information content (AvgIpc) is 2.92. The van der Waals surface area contributed by atoms with Crippen molar-refractivity contribution >= 4 is 17.3 Å². The summed E-state index contributed by atoms with van der Waals surface area (Å²) in [5.41, 5.74) is 2.86. The number of nitrogens with zero attached hydrogens (tertiary/aromatic N) is 2. The highest BCUT2D eigenvalue weighted by molar-refractivity contribution is 6.07. The first-order valence-corrected chi connectivity index (χ1v) is 6.94. The van der Waals surface area contributed by atoms with E-state index in [1.54, 1.807) is 17.0 Å². The Kier molecular flexibility index (Phi) is 3.37. The van der Waals surface area contributed by atoms with Crippen LogP contribution in [-0.4, -0.2) is 26.5 Å². The Morgan fingerprint density at radius 1 is 1.19 bits per heavy atom. The normalized spacial score (nSPS) is 13.2. The Morgan fingerprint density at radius 2 is 1.95 bits per heavy atom. The van der Waals surface area contributed by atoms with Crippen LogP contribution in [0.15, 0.2) is 42.5 Å². The second-order valence-corrected chi connectivity index (χ2v) is 5.40. The molecule has 0 atom stereocenters. The third kappa shape index (κ3) is 2.37. The van der Waals surface area contributed by atoms with E-state index in [1.165, 1.54) is 6.07 Å². The zero-order chi connectivity index (χ0) is 15.0. The lowest BCUT2D eigenvalue weighted by Crippen LogP contribution is -2.29. The number of rotatable bonds is 2. The number of benzene rings is 2. The molecule has 0 fully saturated rings. The van der Waals surface area contributed by atoms with Gasteiger partial charge < -0.3 is 9.80 Å². The zero-order valence-electron chi connectivity index (χ0n) is 12.1. The molecule has 1 amide bonds. The Balaban J connectivity index is 1.97. The van der Waals surface area contributed by atoms with Gasteiger partial charge in [-0.25, -0.2) is 4.39 Å². The van der Waals surface area contributed by atoms with Gasteiger partial charge in [-0.3, -0.25) is 4.79 Å². The monoisotopic (exact) mass is 284 g/mol. The maximum Gasteiger partial charge on any atom is 0.258 e. The summed E-state index contributed by atoms with van der Waals surface area (Å²) >= 11 is 0. The topological polar surface area (TPSA) is 23.6 Å². The molecule has 0 aromatic heterocycles. The van der Waals surface area contributed by atoms with E-state index in [0.29, 0.717) is 24.2 Å². The largest absolute Gasteiger partial charge is 0.378 e. The molecule has 0 saturated carbocycles. The number of para-hydroxylation sites is 1. The number of fused-ring (bicyclic) bond motifs is 1. The molecule has 0 unspecified atom stereocenters. The highest BCUT2D eigenvalue weighted by Gasteiger charge is 2.28. The molecule has 1 heterocycles. The maximum atomic E-state index is 14.0. The second kappa shape index (κ2) is 5.20. The van der Waals surface area contributed by atoms with Gasteiger partial charge in [-0.15, -0.1) is 0 Å². The number of hydrogen-bond donors (Lipinski definition) is 0. The van der Waals surface area contributed by atoms with Crippen molar-refractivity contribution in [2.75, 3.05) is 30.4 Å². The van der Waals surface area contributed by atoms with Crippen LogP contribution in [0.3, 0.4) is 0 Å². The SMILES string of the molecule is CN(C)c1cccc(C(=O)N2CCc3cccc(F)c32)c1. The van der Waals surface area contributed by atoms with Crippen molar-refractivity contribution in [3.63, 3.8) is 0 Å². The molecule has 3 nitrogen and oxygen atoms in total. The van der Waals surface area contributed by atoms with Gasteiger partial charge in [-0.2, -0.15) is 0 Å². The number of hydrogen-bond acceptors (Lipinski definition) is 2. The van der Waals surface area contributed by atoms with Crippen LogP contribution in [0, 0.1) is 5.82 Å². The predicted molar refractivity (Wildman–Crippen MR) is 82.5 cm³/mol.